The van der Waals surface area contributed by atoms with E-state index in [0.717, 1.165) is 41.2 Å². The SMILES string of the molecule is Cc1ccccc1N(c1ccc2c3ccccc3n(-c3ccccc3C)c2c1)c1cc2c(c3c1-c1ccccc1CO3)C1=C(C=CCC1)C21c2ccccc2-c2ccccc21. The van der Waals surface area contributed by atoms with Crippen molar-refractivity contribution in [2.75, 3.05) is 4.90 Å². The number of hydrogen-bond donors (Lipinski definition) is 0. The number of hydrogen-bond acceptors (Lipinski definition) is 2. The van der Waals surface area contributed by atoms with Crippen molar-refractivity contribution in [3.05, 3.63) is 227 Å². The zero-order valence-electron chi connectivity index (χ0n) is 34.2. The first-order valence-electron chi connectivity index (χ1n) is 21.6. The Bertz CT molecular complexity index is 3370. The maximum Gasteiger partial charge on any atom is 0.137 e. The van der Waals surface area contributed by atoms with Gasteiger partial charge in [-0.3, -0.25) is 0 Å². The van der Waals surface area contributed by atoms with Gasteiger partial charge in [0.1, 0.15) is 12.4 Å². The van der Waals surface area contributed by atoms with Gasteiger partial charge in [0.05, 0.1) is 22.1 Å². The van der Waals surface area contributed by atoms with Crippen molar-refractivity contribution in [2.45, 2.75) is 38.7 Å². The Labute approximate surface area is 356 Å². The summed E-state index contributed by atoms with van der Waals surface area (Å²) in [5.41, 5.74) is 23.2. The highest BCUT2D eigenvalue weighted by Crippen LogP contribution is 2.67. The van der Waals surface area contributed by atoms with E-state index in [2.05, 4.69) is 205 Å². The Morgan fingerprint density at radius 2 is 1.23 bits per heavy atom. The van der Waals surface area contributed by atoms with Crippen LogP contribution in [0.3, 0.4) is 0 Å². The molecule has 0 bridgehead atoms. The summed E-state index contributed by atoms with van der Waals surface area (Å²) >= 11 is 0. The zero-order chi connectivity index (χ0) is 40.4. The van der Waals surface area contributed by atoms with Crippen LogP contribution >= 0.6 is 0 Å². The molecule has 8 aromatic carbocycles. The van der Waals surface area contributed by atoms with E-state index in [1.807, 2.05) is 0 Å². The van der Waals surface area contributed by atoms with Gasteiger partial charge in [0, 0.05) is 39.0 Å². The van der Waals surface area contributed by atoms with Crippen LogP contribution in [0, 0.1) is 13.8 Å². The number of anilines is 3. The Morgan fingerprint density at radius 3 is 2.03 bits per heavy atom. The highest BCUT2D eigenvalue weighted by atomic mass is 16.5. The number of aromatic nitrogens is 1. The molecule has 0 amide bonds. The molecule has 0 saturated carbocycles. The van der Waals surface area contributed by atoms with E-state index in [-0.39, 0.29) is 0 Å². The van der Waals surface area contributed by atoms with Crippen molar-refractivity contribution < 1.29 is 4.74 Å². The fourth-order valence-corrected chi connectivity index (χ4v) is 11.5. The molecule has 13 rings (SSSR count). The highest BCUT2D eigenvalue weighted by molar-refractivity contribution is 6.11. The quantitative estimate of drug-likeness (QED) is 0.177. The number of rotatable bonds is 4. The van der Waals surface area contributed by atoms with Gasteiger partial charge in [0.25, 0.3) is 0 Å². The van der Waals surface area contributed by atoms with Crippen LogP contribution in [-0.4, -0.2) is 4.57 Å². The van der Waals surface area contributed by atoms with Gasteiger partial charge < -0.3 is 14.2 Å². The third kappa shape index (κ3) is 4.58. The topological polar surface area (TPSA) is 17.4 Å². The predicted molar refractivity (Wildman–Crippen MR) is 252 cm³/mol. The van der Waals surface area contributed by atoms with Gasteiger partial charge in [-0.15, -0.1) is 0 Å². The summed E-state index contributed by atoms with van der Waals surface area (Å²) in [5, 5.41) is 2.48. The summed E-state index contributed by atoms with van der Waals surface area (Å²) in [7, 11) is 0. The molecule has 0 fully saturated rings. The van der Waals surface area contributed by atoms with Gasteiger partial charge in [0.15, 0.2) is 0 Å². The molecule has 0 radical (unpaired) electrons. The molecule has 1 aliphatic heterocycles. The fourth-order valence-electron chi connectivity index (χ4n) is 11.5. The van der Waals surface area contributed by atoms with Gasteiger partial charge in [-0.2, -0.15) is 0 Å². The van der Waals surface area contributed by atoms with Crippen molar-refractivity contribution in [1.29, 1.82) is 0 Å². The Balaban J connectivity index is 1.18. The standard InChI is InChI=1S/C58H42N2O/c1-36-17-3-14-28-50(36)59(39-31-32-44-43-23-10-16-30-52(43)60(53(44)33-39)51-29-15-4-18-37(51)2)54-34-49-55(57-56(54)40-20-6-5-19-38(40)35-61-57)45-24-9-13-27-48(45)58(49)46-25-11-7-21-41(46)42-22-8-12-26-47(42)58/h3-8,10-23,25-34H,9,24,35H2,1-2H3. The molecule has 9 aromatic rings. The molecule has 3 nitrogen and oxygen atoms in total. The van der Waals surface area contributed by atoms with Crippen LogP contribution in [0.1, 0.15) is 51.8 Å². The van der Waals surface area contributed by atoms with E-state index in [4.69, 9.17) is 4.74 Å². The van der Waals surface area contributed by atoms with Gasteiger partial charge in [-0.05, 0) is 124 Å². The molecule has 290 valence electrons. The molecule has 4 aliphatic rings. The van der Waals surface area contributed by atoms with Gasteiger partial charge in [0.2, 0.25) is 0 Å². The van der Waals surface area contributed by atoms with Crippen LogP contribution in [0.2, 0.25) is 0 Å². The van der Waals surface area contributed by atoms with E-state index in [1.165, 1.54) is 94.3 Å². The molecule has 3 heteroatoms. The second-order valence-electron chi connectivity index (χ2n) is 17.1. The molecule has 0 atom stereocenters. The molecule has 0 unspecified atom stereocenters. The van der Waals surface area contributed by atoms with Gasteiger partial charge >= 0.3 is 0 Å². The molecular weight excluding hydrogens is 741 g/mol. The van der Waals surface area contributed by atoms with Crippen molar-refractivity contribution in [1.82, 2.24) is 4.57 Å². The first-order valence-corrected chi connectivity index (χ1v) is 21.6. The molecule has 1 spiro atoms. The summed E-state index contributed by atoms with van der Waals surface area (Å²) in [6.07, 6.45) is 6.82. The lowest BCUT2D eigenvalue weighted by molar-refractivity contribution is 0.301. The second-order valence-corrected chi connectivity index (χ2v) is 17.1. The monoisotopic (exact) mass is 782 g/mol. The molecule has 61 heavy (non-hydrogen) atoms. The van der Waals surface area contributed by atoms with E-state index in [9.17, 15) is 0 Å². The van der Waals surface area contributed by atoms with Gasteiger partial charge in [-0.1, -0.05) is 146 Å². The van der Waals surface area contributed by atoms with Crippen LogP contribution in [0.4, 0.5) is 17.1 Å². The number of aryl methyl sites for hydroxylation is 2. The average Bonchev–Trinajstić information content (AvgIpc) is 3.91. The van der Waals surface area contributed by atoms with E-state index in [1.54, 1.807) is 0 Å². The smallest absolute Gasteiger partial charge is 0.137 e. The van der Waals surface area contributed by atoms with E-state index in [0.29, 0.717) is 6.61 Å². The van der Waals surface area contributed by atoms with Crippen molar-refractivity contribution in [3.63, 3.8) is 0 Å². The highest BCUT2D eigenvalue weighted by Gasteiger charge is 2.54. The normalized spacial score (nSPS) is 15.0. The largest absolute Gasteiger partial charge is 0.488 e. The lowest BCUT2D eigenvalue weighted by atomic mass is 9.68. The number of allylic oxidation sites excluding steroid dienone is 4. The van der Waals surface area contributed by atoms with Crippen LogP contribution < -0.4 is 9.64 Å². The van der Waals surface area contributed by atoms with E-state index >= 15 is 0 Å². The average molecular weight is 783 g/mol. The molecule has 0 saturated heterocycles. The first-order chi connectivity index (χ1) is 30.1. The third-order valence-electron chi connectivity index (χ3n) is 14.0. The number of benzene rings is 8. The number of fused-ring (bicyclic) bond motifs is 16. The summed E-state index contributed by atoms with van der Waals surface area (Å²) in [5.74, 6) is 1.00. The minimum absolute atomic E-state index is 0.489. The predicted octanol–water partition coefficient (Wildman–Crippen LogP) is 14.9. The molecular formula is C58H42N2O. The van der Waals surface area contributed by atoms with Crippen molar-refractivity contribution in [3.8, 4) is 33.7 Å². The lowest BCUT2D eigenvalue weighted by Gasteiger charge is -2.36. The minimum atomic E-state index is -0.489. The third-order valence-corrected chi connectivity index (χ3v) is 14.0. The maximum absolute atomic E-state index is 7.22. The Morgan fingerprint density at radius 1 is 0.557 bits per heavy atom. The molecule has 3 aliphatic carbocycles. The maximum atomic E-state index is 7.22. The Hall–Kier alpha value is -7.36. The lowest BCUT2D eigenvalue weighted by Crippen LogP contribution is -2.28. The minimum Gasteiger partial charge on any atom is -0.488 e. The van der Waals surface area contributed by atoms with Crippen LogP contribution in [0.15, 0.2) is 188 Å². The molecule has 1 aromatic heterocycles. The van der Waals surface area contributed by atoms with E-state index < -0.39 is 5.41 Å². The Kier molecular flexibility index (Phi) is 7.25. The summed E-state index contributed by atoms with van der Waals surface area (Å²) in [4.78, 5) is 2.53. The summed E-state index contributed by atoms with van der Waals surface area (Å²) < 4.78 is 9.68. The summed E-state index contributed by atoms with van der Waals surface area (Å²) in [6, 6.07) is 63.2. The first kappa shape index (κ1) is 34.5. The number of ether oxygens (including phenoxy) is 1. The molecule has 2 heterocycles. The van der Waals surface area contributed by atoms with Crippen LogP contribution in [0.5, 0.6) is 5.75 Å². The number of nitrogens with zero attached hydrogens (tertiary/aromatic N) is 2. The number of para-hydroxylation sites is 3. The van der Waals surface area contributed by atoms with Crippen LogP contribution in [0.25, 0.3) is 55.3 Å². The van der Waals surface area contributed by atoms with Crippen molar-refractivity contribution >= 4 is 44.4 Å². The fraction of sp³-hybridized carbons (Fsp3) is 0.103. The van der Waals surface area contributed by atoms with Crippen molar-refractivity contribution in [2.24, 2.45) is 0 Å². The zero-order valence-corrected chi connectivity index (χ0v) is 34.2. The van der Waals surface area contributed by atoms with Crippen LogP contribution in [-0.2, 0) is 12.0 Å². The van der Waals surface area contributed by atoms with Gasteiger partial charge in [-0.25, -0.2) is 0 Å². The molecule has 0 N–H and O–H groups in total. The second kappa shape index (κ2) is 12.8. The summed E-state index contributed by atoms with van der Waals surface area (Å²) in [6.45, 7) is 4.99.